The van der Waals surface area contributed by atoms with Gasteiger partial charge in [-0.25, -0.2) is 4.79 Å². The number of nitrogens with one attached hydrogen (secondary N) is 1. The van der Waals surface area contributed by atoms with E-state index in [4.69, 9.17) is 16.7 Å². The molecule has 0 heterocycles. The number of rotatable bonds is 3. The van der Waals surface area contributed by atoms with Gasteiger partial charge in [0.15, 0.2) is 0 Å². The molecule has 0 unspecified atom stereocenters. The third-order valence-corrected chi connectivity index (χ3v) is 3.26. The summed E-state index contributed by atoms with van der Waals surface area (Å²) in [7, 11) is 0. The molecule has 0 aliphatic heterocycles. The zero-order valence-electron chi connectivity index (χ0n) is 10.7. The minimum atomic E-state index is -1.03. The molecule has 0 saturated heterocycles. The monoisotopic (exact) mass is 289 g/mol. The molecule has 0 aliphatic carbocycles. The highest BCUT2D eigenvalue weighted by molar-refractivity contribution is 6.34. The number of carboxylic acid groups (broad SMARTS) is 1. The highest BCUT2D eigenvalue weighted by Gasteiger charge is 2.14. The smallest absolute Gasteiger partial charge is 0.336 e. The molecule has 0 fully saturated rings. The quantitative estimate of drug-likeness (QED) is 0.907. The van der Waals surface area contributed by atoms with E-state index in [0.29, 0.717) is 21.8 Å². The molecular formula is C15H12ClNO3. The molecule has 1 amide bonds. The first-order chi connectivity index (χ1) is 9.50. The van der Waals surface area contributed by atoms with Crippen molar-refractivity contribution in [1.82, 2.24) is 0 Å². The number of hydrogen-bond acceptors (Lipinski definition) is 2. The molecule has 2 aromatic rings. The van der Waals surface area contributed by atoms with Gasteiger partial charge in [-0.15, -0.1) is 0 Å². The molecule has 0 spiro atoms. The number of halogens is 1. The molecule has 2 rings (SSSR count). The van der Waals surface area contributed by atoms with E-state index in [1.54, 1.807) is 43.3 Å². The van der Waals surface area contributed by atoms with Gasteiger partial charge in [0.1, 0.15) is 0 Å². The number of hydrogen-bond donors (Lipinski definition) is 2. The third-order valence-electron chi connectivity index (χ3n) is 2.93. The van der Waals surface area contributed by atoms with E-state index < -0.39 is 5.97 Å². The number of aromatic carboxylic acids is 1. The Kier molecular flexibility index (Phi) is 4.05. The first-order valence-corrected chi connectivity index (χ1v) is 6.27. The van der Waals surface area contributed by atoms with Crippen molar-refractivity contribution >= 4 is 29.2 Å². The molecule has 0 saturated carbocycles. The fourth-order valence-corrected chi connectivity index (χ4v) is 2.06. The van der Waals surface area contributed by atoms with Crippen LogP contribution in [0.25, 0.3) is 0 Å². The van der Waals surface area contributed by atoms with Crippen LogP contribution in [0.4, 0.5) is 5.69 Å². The van der Waals surface area contributed by atoms with Gasteiger partial charge in [0.25, 0.3) is 5.91 Å². The van der Waals surface area contributed by atoms with Crippen LogP contribution in [0.15, 0.2) is 42.5 Å². The van der Waals surface area contributed by atoms with Crippen LogP contribution in [0.5, 0.6) is 0 Å². The van der Waals surface area contributed by atoms with Gasteiger partial charge in [0.2, 0.25) is 0 Å². The Bertz CT molecular complexity index is 683. The molecule has 2 N–H and O–H groups in total. The predicted molar refractivity (Wildman–Crippen MR) is 77.5 cm³/mol. The number of carbonyl (C=O) groups is 2. The maximum Gasteiger partial charge on any atom is 0.336 e. The van der Waals surface area contributed by atoms with Crippen LogP contribution in [-0.4, -0.2) is 17.0 Å². The molecule has 0 bridgehead atoms. The van der Waals surface area contributed by atoms with Crippen LogP contribution >= 0.6 is 11.6 Å². The van der Waals surface area contributed by atoms with Crippen molar-refractivity contribution in [2.45, 2.75) is 6.92 Å². The topological polar surface area (TPSA) is 66.4 Å². The lowest BCUT2D eigenvalue weighted by molar-refractivity contribution is 0.0695. The summed E-state index contributed by atoms with van der Waals surface area (Å²) in [5.41, 5.74) is 1.45. The van der Waals surface area contributed by atoms with Gasteiger partial charge in [0.05, 0.1) is 16.1 Å². The summed E-state index contributed by atoms with van der Waals surface area (Å²) in [6.45, 7) is 1.64. The lowest BCUT2D eigenvalue weighted by Gasteiger charge is -2.11. The molecular weight excluding hydrogens is 278 g/mol. The molecule has 0 aliphatic rings. The number of anilines is 1. The van der Waals surface area contributed by atoms with Crippen molar-refractivity contribution < 1.29 is 14.7 Å². The normalized spacial score (nSPS) is 10.1. The van der Waals surface area contributed by atoms with Gasteiger partial charge in [0, 0.05) is 5.69 Å². The molecule has 0 radical (unpaired) electrons. The van der Waals surface area contributed by atoms with Crippen molar-refractivity contribution in [3.05, 3.63) is 64.2 Å². The van der Waals surface area contributed by atoms with Crippen LogP contribution in [0, 0.1) is 6.92 Å². The van der Waals surface area contributed by atoms with E-state index in [-0.39, 0.29) is 11.5 Å². The van der Waals surface area contributed by atoms with E-state index in [9.17, 15) is 9.59 Å². The van der Waals surface area contributed by atoms with Crippen LogP contribution in [0.1, 0.15) is 26.3 Å². The molecule has 2 aromatic carbocycles. The average molecular weight is 290 g/mol. The van der Waals surface area contributed by atoms with Gasteiger partial charge in [-0.1, -0.05) is 29.8 Å². The predicted octanol–water partition coefficient (Wildman–Crippen LogP) is 3.60. The van der Waals surface area contributed by atoms with Crippen LogP contribution in [0.2, 0.25) is 5.02 Å². The molecule has 102 valence electrons. The molecule has 20 heavy (non-hydrogen) atoms. The fraction of sp³-hybridized carbons (Fsp3) is 0.0667. The standard InChI is InChI=1S/C15H12ClNO3/c1-9-10(15(19)20)6-4-8-13(9)17-14(18)11-5-2-3-7-12(11)16/h2-8H,1H3,(H,17,18)(H,19,20). The number of amides is 1. The summed E-state index contributed by atoms with van der Waals surface area (Å²) in [6.07, 6.45) is 0. The van der Waals surface area contributed by atoms with E-state index >= 15 is 0 Å². The van der Waals surface area contributed by atoms with Gasteiger partial charge < -0.3 is 10.4 Å². The van der Waals surface area contributed by atoms with E-state index in [1.807, 2.05) is 0 Å². The maximum atomic E-state index is 12.1. The largest absolute Gasteiger partial charge is 0.478 e. The van der Waals surface area contributed by atoms with Crippen LogP contribution in [-0.2, 0) is 0 Å². The molecule has 5 heteroatoms. The van der Waals surface area contributed by atoms with E-state index in [0.717, 1.165) is 0 Å². The number of carbonyl (C=O) groups excluding carboxylic acids is 1. The minimum Gasteiger partial charge on any atom is -0.478 e. The Balaban J connectivity index is 2.32. The summed E-state index contributed by atoms with van der Waals surface area (Å²) < 4.78 is 0. The Morgan fingerprint density at radius 3 is 2.35 bits per heavy atom. The summed E-state index contributed by atoms with van der Waals surface area (Å²) in [5.74, 6) is -1.41. The summed E-state index contributed by atoms with van der Waals surface area (Å²) in [6, 6.07) is 11.4. The lowest BCUT2D eigenvalue weighted by Crippen LogP contribution is -2.14. The van der Waals surface area contributed by atoms with Crippen molar-refractivity contribution in [3.8, 4) is 0 Å². The van der Waals surface area contributed by atoms with Crippen LogP contribution in [0.3, 0.4) is 0 Å². The van der Waals surface area contributed by atoms with Crippen molar-refractivity contribution in [2.24, 2.45) is 0 Å². The Hall–Kier alpha value is -2.33. The molecule has 0 aromatic heterocycles. The van der Waals surface area contributed by atoms with E-state index in [1.165, 1.54) is 6.07 Å². The molecule has 0 atom stereocenters. The van der Waals surface area contributed by atoms with Crippen molar-refractivity contribution in [3.63, 3.8) is 0 Å². The maximum absolute atomic E-state index is 12.1. The highest BCUT2D eigenvalue weighted by Crippen LogP contribution is 2.21. The van der Waals surface area contributed by atoms with E-state index in [2.05, 4.69) is 5.32 Å². The average Bonchev–Trinajstić information content (AvgIpc) is 2.41. The fourth-order valence-electron chi connectivity index (χ4n) is 1.84. The second kappa shape index (κ2) is 5.75. The van der Waals surface area contributed by atoms with Crippen molar-refractivity contribution in [2.75, 3.05) is 5.32 Å². The SMILES string of the molecule is Cc1c(NC(=O)c2ccccc2Cl)cccc1C(=O)O. The first-order valence-electron chi connectivity index (χ1n) is 5.89. The minimum absolute atomic E-state index is 0.155. The highest BCUT2D eigenvalue weighted by atomic mass is 35.5. The third kappa shape index (κ3) is 2.81. The Morgan fingerprint density at radius 1 is 1.05 bits per heavy atom. The zero-order valence-corrected chi connectivity index (χ0v) is 11.4. The summed E-state index contributed by atoms with van der Waals surface area (Å²) in [4.78, 5) is 23.2. The summed E-state index contributed by atoms with van der Waals surface area (Å²) >= 11 is 5.95. The Morgan fingerprint density at radius 2 is 1.70 bits per heavy atom. The van der Waals surface area contributed by atoms with Gasteiger partial charge in [-0.3, -0.25) is 4.79 Å². The second-order valence-electron chi connectivity index (χ2n) is 4.22. The number of carboxylic acids is 1. The lowest BCUT2D eigenvalue weighted by atomic mass is 10.1. The summed E-state index contributed by atoms with van der Waals surface area (Å²) in [5, 5.41) is 12.1. The van der Waals surface area contributed by atoms with Crippen LogP contribution < -0.4 is 5.32 Å². The zero-order chi connectivity index (χ0) is 14.7. The van der Waals surface area contributed by atoms with Gasteiger partial charge in [-0.2, -0.15) is 0 Å². The number of benzene rings is 2. The first kappa shape index (κ1) is 14.1. The Labute approximate surface area is 121 Å². The van der Waals surface area contributed by atoms with Gasteiger partial charge >= 0.3 is 5.97 Å². The van der Waals surface area contributed by atoms with Gasteiger partial charge in [-0.05, 0) is 36.8 Å². The van der Waals surface area contributed by atoms with Crippen molar-refractivity contribution in [1.29, 1.82) is 0 Å². The second-order valence-corrected chi connectivity index (χ2v) is 4.62. The molecule has 4 nitrogen and oxygen atoms in total.